The molecule has 0 amide bonds. The van der Waals surface area contributed by atoms with Crippen LogP contribution in [0.25, 0.3) is 0 Å². The maximum atomic E-state index is 2.35. The van der Waals surface area contributed by atoms with Gasteiger partial charge in [0.25, 0.3) is 0 Å². The molecule has 1 aromatic heterocycles. The summed E-state index contributed by atoms with van der Waals surface area (Å²) in [6, 6.07) is 0. The molecule has 0 aliphatic heterocycles. The van der Waals surface area contributed by atoms with E-state index < -0.39 is 0 Å². The smallest absolute Gasteiger partial charge is 0.153 e. The Hall–Kier alpha value is -0.370. The summed E-state index contributed by atoms with van der Waals surface area (Å²) in [6.07, 6.45) is 5.71. The summed E-state index contributed by atoms with van der Waals surface area (Å²) in [5.74, 6) is 0. The molecule has 56 valence electrons. The summed E-state index contributed by atoms with van der Waals surface area (Å²) in [5.41, 5.74) is 0. The number of aromatic nitrogens is 1. The Morgan fingerprint density at radius 2 is 2.30 bits per heavy atom. The second-order valence-electron chi connectivity index (χ2n) is 2.56. The van der Waals surface area contributed by atoms with Crippen molar-refractivity contribution >= 4 is 10.5 Å². The first-order chi connectivity index (χ1) is 4.75. The van der Waals surface area contributed by atoms with Gasteiger partial charge in [0.15, 0.2) is 6.54 Å². The van der Waals surface area contributed by atoms with Gasteiger partial charge in [-0.15, -0.1) is 0 Å². The minimum atomic E-state index is 0.413. The molecule has 0 saturated heterocycles. The van der Waals surface area contributed by atoms with Crippen molar-refractivity contribution < 1.29 is 4.57 Å². The molecule has 1 rings (SSSR count). The number of rotatable bonds is 2. The summed E-state index contributed by atoms with van der Waals surface area (Å²) in [7, 11) is 0.413. The first kappa shape index (κ1) is 7.73. The zero-order valence-corrected chi connectivity index (χ0v) is 7.74. The molecule has 2 heteroatoms. The Kier molecular flexibility index (Phi) is 2.44. The van der Waals surface area contributed by atoms with Crippen LogP contribution in [0.15, 0.2) is 11.6 Å². The fourth-order valence-corrected chi connectivity index (χ4v) is 2.07. The number of nitrogens with zero attached hydrogens (tertiary/aromatic N) is 1. The largest absolute Gasteiger partial charge is 0.376 e. The van der Waals surface area contributed by atoms with E-state index in [-0.39, 0.29) is 0 Å². The molecule has 1 unspecified atom stereocenters. The van der Waals surface area contributed by atoms with Crippen LogP contribution in [0, 0.1) is 6.92 Å². The van der Waals surface area contributed by atoms with Crippen molar-refractivity contribution in [3.8, 4) is 0 Å². The minimum absolute atomic E-state index is 0.413. The Morgan fingerprint density at radius 1 is 1.60 bits per heavy atom. The summed E-state index contributed by atoms with van der Waals surface area (Å²) in [5, 5.41) is 3.80. The predicted octanol–water partition coefficient (Wildman–Crippen LogP) is 1.98. The van der Waals surface area contributed by atoms with Gasteiger partial charge in [-0.3, -0.25) is 0 Å². The summed E-state index contributed by atoms with van der Waals surface area (Å²) < 4.78 is 2.35. The van der Waals surface area contributed by atoms with Gasteiger partial charge in [-0.2, -0.15) is 4.57 Å². The highest BCUT2D eigenvalue weighted by Crippen LogP contribution is 2.13. The van der Waals surface area contributed by atoms with Crippen LogP contribution in [0.1, 0.15) is 18.4 Å². The van der Waals surface area contributed by atoms with Gasteiger partial charge in [0.2, 0.25) is 11.6 Å². The third kappa shape index (κ3) is 1.37. The monoisotopic (exact) mass is 157 g/mol. The number of hydrogen-bond acceptors (Lipinski definition) is 0. The van der Waals surface area contributed by atoms with Crippen molar-refractivity contribution in [3.05, 3.63) is 16.6 Å². The van der Waals surface area contributed by atoms with Crippen molar-refractivity contribution in [2.24, 2.45) is 6.26 Å². The van der Waals surface area contributed by atoms with Crippen LogP contribution in [0.4, 0.5) is 0 Å². The molecule has 1 nitrogen and oxygen atoms in total. The topological polar surface area (TPSA) is 3.88 Å². The van der Waals surface area contributed by atoms with E-state index >= 15 is 0 Å². The van der Waals surface area contributed by atoms with E-state index in [1.807, 2.05) is 0 Å². The molecule has 1 aromatic rings. The van der Waals surface area contributed by atoms with Crippen LogP contribution in [-0.4, -0.2) is 0 Å². The number of hydrogen-bond donors (Lipinski definition) is 0. The molecule has 0 N–H and O–H groups in total. The van der Waals surface area contributed by atoms with E-state index in [1.54, 1.807) is 0 Å². The quantitative estimate of drug-likeness (QED) is 0.456. The first-order valence-electron chi connectivity index (χ1n) is 3.69. The second-order valence-corrected chi connectivity index (χ2v) is 4.53. The predicted molar refractivity (Wildman–Crippen MR) is 45.1 cm³/mol. The fourth-order valence-electron chi connectivity index (χ4n) is 1.03. The van der Waals surface area contributed by atoms with E-state index in [2.05, 4.69) is 36.2 Å². The number of aryl methyl sites for hydroxylation is 2. The van der Waals surface area contributed by atoms with Crippen molar-refractivity contribution in [1.82, 2.24) is 0 Å². The van der Waals surface area contributed by atoms with Crippen molar-refractivity contribution in [3.63, 3.8) is 0 Å². The molecule has 0 aliphatic rings. The maximum Gasteiger partial charge on any atom is 0.376 e. The van der Waals surface area contributed by atoms with Gasteiger partial charge in [0, 0.05) is 16.9 Å². The van der Waals surface area contributed by atoms with E-state index in [9.17, 15) is 0 Å². The lowest BCUT2D eigenvalue weighted by molar-refractivity contribution is -0.697. The third-order valence-corrected chi connectivity index (χ3v) is 3.48. The van der Waals surface area contributed by atoms with E-state index in [1.165, 1.54) is 18.0 Å². The molecular formula is C8H15NS+2. The minimum Gasteiger partial charge on any atom is -0.153 e. The lowest BCUT2D eigenvalue weighted by atomic mass is 10.5. The Bertz CT molecular complexity index is 215. The Balaban J connectivity index is 2.83. The molecular weight excluding hydrogens is 142 g/mol. The molecule has 0 radical (unpaired) electrons. The normalized spacial score (nSPS) is 12.1. The van der Waals surface area contributed by atoms with Gasteiger partial charge in [-0.05, 0) is 0 Å². The van der Waals surface area contributed by atoms with Gasteiger partial charge >= 0.3 is 5.01 Å². The van der Waals surface area contributed by atoms with Crippen LogP contribution >= 0.6 is 10.5 Å². The zero-order valence-electron chi connectivity index (χ0n) is 6.92. The van der Waals surface area contributed by atoms with Gasteiger partial charge in [-0.25, -0.2) is 0 Å². The highest BCUT2D eigenvalue weighted by atomic mass is 32.2. The van der Waals surface area contributed by atoms with Gasteiger partial charge in [-0.1, -0.05) is 6.92 Å². The average molecular weight is 157 g/mol. The Labute approximate surface area is 65.3 Å². The van der Waals surface area contributed by atoms with E-state index in [0.717, 1.165) is 0 Å². The summed E-state index contributed by atoms with van der Waals surface area (Å²) >= 11 is 0. The van der Waals surface area contributed by atoms with Crippen LogP contribution in [0.2, 0.25) is 0 Å². The van der Waals surface area contributed by atoms with Crippen LogP contribution < -0.4 is 4.57 Å². The average Bonchev–Trinajstić information content (AvgIpc) is 2.20. The molecule has 0 aliphatic carbocycles. The SMILES string of the molecule is CCC[n+]1cc[s+](C)c1C. The second kappa shape index (κ2) is 3.15. The lowest BCUT2D eigenvalue weighted by Gasteiger charge is -1.84. The van der Waals surface area contributed by atoms with Gasteiger partial charge in [0.05, 0.1) is 6.92 Å². The fraction of sp³-hybridized carbons (Fsp3) is 0.625. The molecule has 1 heterocycles. The van der Waals surface area contributed by atoms with Crippen molar-refractivity contribution in [2.45, 2.75) is 26.8 Å². The highest BCUT2D eigenvalue weighted by molar-refractivity contribution is 7.27. The standard InChI is InChI=1S/C8H15NS/c1-4-5-9-6-7-10(3)8(9)2/h6-7H,4-5H2,1-3H3/q+2. The molecule has 0 saturated carbocycles. The lowest BCUT2D eigenvalue weighted by Crippen LogP contribution is -2.33. The zero-order chi connectivity index (χ0) is 7.56. The Morgan fingerprint density at radius 3 is 2.70 bits per heavy atom. The molecule has 0 spiro atoms. The third-order valence-electron chi connectivity index (χ3n) is 1.78. The molecule has 0 bridgehead atoms. The molecule has 10 heavy (non-hydrogen) atoms. The van der Waals surface area contributed by atoms with Crippen LogP contribution in [-0.2, 0) is 12.8 Å². The van der Waals surface area contributed by atoms with Gasteiger partial charge < -0.3 is 0 Å². The summed E-state index contributed by atoms with van der Waals surface area (Å²) in [4.78, 5) is 0. The van der Waals surface area contributed by atoms with E-state index in [4.69, 9.17) is 0 Å². The van der Waals surface area contributed by atoms with Gasteiger partial charge in [0.1, 0.15) is 6.26 Å². The van der Waals surface area contributed by atoms with E-state index in [0.29, 0.717) is 10.5 Å². The summed E-state index contributed by atoms with van der Waals surface area (Å²) in [6.45, 7) is 5.62. The van der Waals surface area contributed by atoms with Crippen molar-refractivity contribution in [2.75, 3.05) is 0 Å². The van der Waals surface area contributed by atoms with Crippen LogP contribution in [0.5, 0.6) is 0 Å². The first-order valence-corrected chi connectivity index (χ1v) is 5.38. The van der Waals surface area contributed by atoms with Crippen LogP contribution in [0.3, 0.4) is 0 Å². The molecule has 1 atom stereocenters. The molecule has 0 aromatic carbocycles. The number of thiazole rings is 1. The maximum absolute atomic E-state index is 2.35. The van der Waals surface area contributed by atoms with Crippen molar-refractivity contribution in [1.29, 1.82) is 0 Å². The molecule has 0 fully saturated rings. The highest BCUT2D eigenvalue weighted by Gasteiger charge is 2.16.